The summed E-state index contributed by atoms with van der Waals surface area (Å²) in [6, 6.07) is 0.777. The fourth-order valence-electron chi connectivity index (χ4n) is 1.97. The molecule has 1 aliphatic carbocycles. The molecule has 2 aliphatic rings. The van der Waals surface area contributed by atoms with Gasteiger partial charge >= 0.3 is 0 Å². The minimum atomic E-state index is 0.526. The molecule has 2 fully saturated rings. The second kappa shape index (κ2) is 3.73. The molecule has 1 heterocycles. The van der Waals surface area contributed by atoms with E-state index < -0.39 is 0 Å². The Labute approximate surface area is 73.6 Å². The summed E-state index contributed by atoms with van der Waals surface area (Å²) in [4.78, 5) is 2.53. The molecule has 0 N–H and O–H groups in total. The Balaban J connectivity index is 1.72. The maximum atomic E-state index is 5.30. The van der Waals surface area contributed by atoms with Crippen molar-refractivity contribution in [2.24, 2.45) is 0 Å². The molecule has 0 aromatic carbocycles. The first-order valence-corrected chi connectivity index (χ1v) is 4.74. The van der Waals surface area contributed by atoms with Gasteiger partial charge in [-0.2, -0.15) is 0 Å². The minimum absolute atomic E-state index is 0.526. The summed E-state index contributed by atoms with van der Waals surface area (Å²) in [7, 11) is 1.81. The van der Waals surface area contributed by atoms with Crippen molar-refractivity contribution in [3.05, 3.63) is 0 Å². The Kier molecular flexibility index (Phi) is 2.63. The topological polar surface area (TPSA) is 21.7 Å². The summed E-state index contributed by atoms with van der Waals surface area (Å²) < 4.78 is 10.5. The lowest BCUT2D eigenvalue weighted by atomic mass is 9.87. The maximum Gasteiger partial charge on any atom is 0.0601 e. The van der Waals surface area contributed by atoms with Crippen molar-refractivity contribution in [1.29, 1.82) is 0 Å². The number of ether oxygens (including phenoxy) is 2. The second-order valence-corrected chi connectivity index (χ2v) is 3.63. The SMILES string of the molecule is COC1CC(N2CCOCC2)C1. The molecule has 0 radical (unpaired) electrons. The smallest absolute Gasteiger partial charge is 0.0601 e. The summed E-state index contributed by atoms with van der Waals surface area (Å²) in [6.45, 7) is 4.05. The van der Waals surface area contributed by atoms with E-state index in [1.54, 1.807) is 7.11 Å². The number of nitrogens with zero attached hydrogens (tertiary/aromatic N) is 1. The summed E-state index contributed by atoms with van der Waals surface area (Å²) >= 11 is 0. The number of morpholine rings is 1. The van der Waals surface area contributed by atoms with Gasteiger partial charge in [0.1, 0.15) is 0 Å². The molecule has 0 spiro atoms. The summed E-state index contributed by atoms with van der Waals surface area (Å²) in [5, 5.41) is 0. The van der Waals surface area contributed by atoms with Gasteiger partial charge in [-0.05, 0) is 12.8 Å². The van der Waals surface area contributed by atoms with Gasteiger partial charge in [-0.1, -0.05) is 0 Å². The Bertz CT molecular complexity index is 139. The average molecular weight is 171 g/mol. The van der Waals surface area contributed by atoms with Crippen molar-refractivity contribution in [2.45, 2.75) is 25.0 Å². The third-order valence-electron chi connectivity index (χ3n) is 2.97. The molecule has 0 amide bonds. The number of rotatable bonds is 2. The molecule has 0 aromatic heterocycles. The Morgan fingerprint density at radius 3 is 2.50 bits per heavy atom. The van der Waals surface area contributed by atoms with Crippen LogP contribution in [-0.4, -0.2) is 50.5 Å². The van der Waals surface area contributed by atoms with Crippen LogP contribution < -0.4 is 0 Å². The van der Waals surface area contributed by atoms with Crippen LogP contribution in [0, 0.1) is 0 Å². The molecule has 70 valence electrons. The summed E-state index contributed by atoms with van der Waals surface area (Å²) in [6.07, 6.45) is 2.96. The van der Waals surface area contributed by atoms with Gasteiger partial charge in [0.25, 0.3) is 0 Å². The lowest BCUT2D eigenvalue weighted by Gasteiger charge is -2.43. The predicted molar refractivity (Wildman–Crippen MR) is 46.2 cm³/mol. The first kappa shape index (κ1) is 8.48. The lowest BCUT2D eigenvalue weighted by Crippen LogP contribution is -2.51. The molecular weight excluding hydrogens is 154 g/mol. The van der Waals surface area contributed by atoms with E-state index in [1.165, 1.54) is 12.8 Å². The average Bonchev–Trinajstić information content (AvgIpc) is 2.04. The molecule has 2 rings (SSSR count). The van der Waals surface area contributed by atoms with Gasteiger partial charge in [0.15, 0.2) is 0 Å². The van der Waals surface area contributed by atoms with Crippen molar-refractivity contribution in [3.63, 3.8) is 0 Å². The third kappa shape index (κ3) is 1.63. The van der Waals surface area contributed by atoms with Gasteiger partial charge in [0.05, 0.1) is 19.3 Å². The highest BCUT2D eigenvalue weighted by Gasteiger charge is 2.33. The highest BCUT2D eigenvalue weighted by Crippen LogP contribution is 2.28. The Hall–Kier alpha value is -0.120. The van der Waals surface area contributed by atoms with Crippen LogP contribution in [0.15, 0.2) is 0 Å². The fourth-order valence-corrected chi connectivity index (χ4v) is 1.97. The van der Waals surface area contributed by atoms with Crippen molar-refractivity contribution in [1.82, 2.24) is 4.90 Å². The fraction of sp³-hybridized carbons (Fsp3) is 1.00. The summed E-state index contributed by atoms with van der Waals surface area (Å²) in [5.74, 6) is 0. The van der Waals surface area contributed by atoms with Gasteiger partial charge in [0.2, 0.25) is 0 Å². The second-order valence-electron chi connectivity index (χ2n) is 3.63. The van der Waals surface area contributed by atoms with Crippen LogP contribution in [0.5, 0.6) is 0 Å². The van der Waals surface area contributed by atoms with E-state index in [2.05, 4.69) is 4.90 Å². The quantitative estimate of drug-likeness (QED) is 0.604. The normalized spacial score (nSPS) is 37.8. The lowest BCUT2D eigenvalue weighted by molar-refractivity contribution is -0.0598. The molecule has 0 aromatic rings. The van der Waals surface area contributed by atoms with Crippen LogP contribution in [0.1, 0.15) is 12.8 Å². The molecule has 12 heavy (non-hydrogen) atoms. The van der Waals surface area contributed by atoms with Crippen molar-refractivity contribution in [3.8, 4) is 0 Å². The van der Waals surface area contributed by atoms with Gasteiger partial charge in [-0.25, -0.2) is 0 Å². The minimum Gasteiger partial charge on any atom is -0.381 e. The van der Waals surface area contributed by atoms with E-state index in [-0.39, 0.29) is 0 Å². The van der Waals surface area contributed by atoms with E-state index in [0.717, 1.165) is 32.3 Å². The van der Waals surface area contributed by atoms with E-state index in [0.29, 0.717) is 6.10 Å². The van der Waals surface area contributed by atoms with Gasteiger partial charge in [0, 0.05) is 26.2 Å². The van der Waals surface area contributed by atoms with Gasteiger partial charge < -0.3 is 9.47 Å². The first-order valence-electron chi connectivity index (χ1n) is 4.74. The molecule has 0 bridgehead atoms. The molecule has 3 nitrogen and oxygen atoms in total. The van der Waals surface area contributed by atoms with Crippen molar-refractivity contribution >= 4 is 0 Å². The van der Waals surface area contributed by atoms with E-state index >= 15 is 0 Å². The van der Waals surface area contributed by atoms with Crippen LogP contribution in [0.2, 0.25) is 0 Å². The van der Waals surface area contributed by atoms with Crippen LogP contribution >= 0.6 is 0 Å². The van der Waals surface area contributed by atoms with Crippen molar-refractivity contribution in [2.75, 3.05) is 33.4 Å². The van der Waals surface area contributed by atoms with Crippen LogP contribution in [-0.2, 0) is 9.47 Å². The standard InChI is InChI=1S/C9H17NO2/c1-11-9-6-8(7-9)10-2-4-12-5-3-10/h8-9H,2-7H2,1H3. The van der Waals surface area contributed by atoms with E-state index in [1.807, 2.05) is 0 Å². The van der Waals surface area contributed by atoms with E-state index in [9.17, 15) is 0 Å². The molecule has 1 aliphatic heterocycles. The van der Waals surface area contributed by atoms with Crippen LogP contribution in [0.3, 0.4) is 0 Å². The summed E-state index contributed by atoms with van der Waals surface area (Å²) in [5.41, 5.74) is 0. The molecule has 3 heteroatoms. The van der Waals surface area contributed by atoms with Crippen LogP contribution in [0.4, 0.5) is 0 Å². The molecule has 1 saturated heterocycles. The number of methoxy groups -OCH3 is 1. The zero-order valence-electron chi connectivity index (χ0n) is 7.66. The molecule has 1 saturated carbocycles. The Morgan fingerprint density at radius 2 is 1.92 bits per heavy atom. The van der Waals surface area contributed by atoms with Gasteiger partial charge in [-0.15, -0.1) is 0 Å². The van der Waals surface area contributed by atoms with Crippen LogP contribution in [0.25, 0.3) is 0 Å². The molecular formula is C9H17NO2. The highest BCUT2D eigenvalue weighted by atomic mass is 16.5. The molecule has 0 atom stereocenters. The third-order valence-corrected chi connectivity index (χ3v) is 2.97. The van der Waals surface area contributed by atoms with E-state index in [4.69, 9.17) is 9.47 Å². The first-order chi connectivity index (χ1) is 5.90. The highest BCUT2D eigenvalue weighted by molar-refractivity contribution is 4.88. The zero-order valence-corrected chi connectivity index (χ0v) is 7.66. The predicted octanol–water partition coefficient (Wildman–Crippen LogP) is 0.496. The zero-order chi connectivity index (χ0) is 8.39. The van der Waals surface area contributed by atoms with Crippen molar-refractivity contribution < 1.29 is 9.47 Å². The largest absolute Gasteiger partial charge is 0.381 e. The van der Waals surface area contributed by atoms with Gasteiger partial charge in [-0.3, -0.25) is 4.90 Å². The molecule has 0 unspecified atom stereocenters. The Morgan fingerprint density at radius 1 is 1.25 bits per heavy atom. The monoisotopic (exact) mass is 171 g/mol. The number of hydrogen-bond donors (Lipinski definition) is 0. The maximum absolute atomic E-state index is 5.30. The number of hydrogen-bond acceptors (Lipinski definition) is 3.